The van der Waals surface area contributed by atoms with E-state index in [9.17, 15) is 9.59 Å². The zero-order valence-electron chi connectivity index (χ0n) is 18.0. The van der Waals surface area contributed by atoms with E-state index in [0.717, 1.165) is 36.9 Å². The molecule has 7 heteroatoms. The van der Waals surface area contributed by atoms with Gasteiger partial charge < -0.3 is 15.0 Å². The van der Waals surface area contributed by atoms with Crippen LogP contribution in [0.2, 0.25) is 0 Å². The summed E-state index contributed by atoms with van der Waals surface area (Å²) in [5, 5.41) is 4.11. The molecule has 1 fully saturated rings. The van der Waals surface area contributed by atoms with Crippen LogP contribution in [0.25, 0.3) is 11.0 Å². The standard InChI is InChI=1S/C24H26N4O3/c1-15-10-11-19-21(27-18-9-6-8-17(13-18)24(30)31-3)20(14-25-22(19)26-15)23(29)28-12-5-4-7-16(28)2/h6,8-11,13-14,16H,4-5,7,12H2,1-3H3,(H,25,26,27)/t16-/m1/s1. The first kappa shape index (κ1) is 20.8. The Morgan fingerprint density at radius 1 is 1.19 bits per heavy atom. The molecular weight excluding hydrogens is 392 g/mol. The molecule has 0 radical (unpaired) electrons. The monoisotopic (exact) mass is 418 g/mol. The van der Waals surface area contributed by atoms with Gasteiger partial charge in [0, 0.05) is 35.6 Å². The van der Waals surface area contributed by atoms with Gasteiger partial charge in [-0.1, -0.05) is 6.07 Å². The molecule has 2 aromatic heterocycles. The molecule has 31 heavy (non-hydrogen) atoms. The highest BCUT2D eigenvalue weighted by molar-refractivity contribution is 6.07. The predicted octanol–water partition coefficient (Wildman–Crippen LogP) is 4.48. The number of carbonyl (C=O) groups is 2. The minimum absolute atomic E-state index is 0.0474. The normalized spacial score (nSPS) is 16.2. The minimum Gasteiger partial charge on any atom is -0.465 e. The number of anilines is 2. The highest BCUT2D eigenvalue weighted by Crippen LogP contribution is 2.31. The lowest BCUT2D eigenvalue weighted by molar-refractivity contribution is 0.0599. The number of aromatic nitrogens is 2. The molecule has 0 aliphatic carbocycles. The van der Waals surface area contributed by atoms with Gasteiger partial charge in [-0.3, -0.25) is 4.79 Å². The van der Waals surface area contributed by atoms with Gasteiger partial charge in [0.05, 0.1) is 23.9 Å². The smallest absolute Gasteiger partial charge is 0.337 e. The van der Waals surface area contributed by atoms with Crippen molar-refractivity contribution in [2.24, 2.45) is 0 Å². The van der Waals surface area contributed by atoms with Crippen LogP contribution in [0.3, 0.4) is 0 Å². The summed E-state index contributed by atoms with van der Waals surface area (Å²) in [6, 6.07) is 11.0. The van der Waals surface area contributed by atoms with Gasteiger partial charge in [0.2, 0.25) is 0 Å². The summed E-state index contributed by atoms with van der Waals surface area (Å²) in [5.41, 5.74) is 3.66. The van der Waals surface area contributed by atoms with Crippen molar-refractivity contribution in [2.45, 2.75) is 39.2 Å². The van der Waals surface area contributed by atoms with Crippen molar-refractivity contribution in [1.29, 1.82) is 0 Å². The van der Waals surface area contributed by atoms with Crippen molar-refractivity contribution in [3.63, 3.8) is 0 Å². The molecule has 0 bridgehead atoms. The maximum absolute atomic E-state index is 13.5. The van der Waals surface area contributed by atoms with Crippen LogP contribution in [0.1, 0.15) is 52.6 Å². The van der Waals surface area contributed by atoms with E-state index in [1.807, 2.05) is 30.0 Å². The van der Waals surface area contributed by atoms with Crippen molar-refractivity contribution in [3.8, 4) is 0 Å². The van der Waals surface area contributed by atoms with E-state index < -0.39 is 5.97 Å². The maximum Gasteiger partial charge on any atom is 0.337 e. The number of fused-ring (bicyclic) bond motifs is 1. The number of aryl methyl sites for hydroxylation is 1. The summed E-state index contributed by atoms with van der Waals surface area (Å²) in [6.07, 6.45) is 4.74. The fourth-order valence-electron chi connectivity index (χ4n) is 4.01. The van der Waals surface area contributed by atoms with Gasteiger partial charge in [0.1, 0.15) is 0 Å². The molecule has 1 aliphatic rings. The second-order valence-corrected chi connectivity index (χ2v) is 7.91. The molecule has 0 spiro atoms. The molecule has 1 atom stereocenters. The molecule has 160 valence electrons. The third-order valence-corrected chi connectivity index (χ3v) is 5.72. The Hall–Kier alpha value is -3.48. The van der Waals surface area contributed by atoms with Crippen LogP contribution in [-0.2, 0) is 4.74 Å². The van der Waals surface area contributed by atoms with E-state index in [4.69, 9.17) is 4.74 Å². The number of ether oxygens (including phenoxy) is 1. The summed E-state index contributed by atoms with van der Waals surface area (Å²) in [4.78, 5) is 36.4. The predicted molar refractivity (Wildman–Crippen MR) is 120 cm³/mol. The number of likely N-dealkylation sites (tertiary alicyclic amines) is 1. The van der Waals surface area contributed by atoms with Crippen molar-refractivity contribution in [1.82, 2.24) is 14.9 Å². The Morgan fingerprint density at radius 2 is 2.03 bits per heavy atom. The Labute approximate surface area is 181 Å². The topological polar surface area (TPSA) is 84.4 Å². The number of piperidine rings is 1. The van der Waals surface area contributed by atoms with Crippen LogP contribution in [0.4, 0.5) is 11.4 Å². The average molecular weight is 418 g/mol. The van der Waals surface area contributed by atoms with Crippen molar-refractivity contribution in [3.05, 3.63) is 59.4 Å². The van der Waals surface area contributed by atoms with Crippen molar-refractivity contribution < 1.29 is 14.3 Å². The van der Waals surface area contributed by atoms with Crippen molar-refractivity contribution >= 4 is 34.3 Å². The number of benzene rings is 1. The minimum atomic E-state index is -0.418. The highest BCUT2D eigenvalue weighted by atomic mass is 16.5. The third-order valence-electron chi connectivity index (χ3n) is 5.72. The lowest BCUT2D eigenvalue weighted by Gasteiger charge is -2.34. The Bertz CT molecular complexity index is 1140. The molecule has 0 saturated carbocycles. The first-order valence-corrected chi connectivity index (χ1v) is 10.5. The first-order valence-electron chi connectivity index (χ1n) is 10.5. The van der Waals surface area contributed by atoms with Crippen LogP contribution < -0.4 is 5.32 Å². The average Bonchev–Trinajstić information content (AvgIpc) is 2.78. The number of methoxy groups -OCH3 is 1. The number of pyridine rings is 2. The summed E-state index contributed by atoms with van der Waals surface area (Å²) in [6.45, 7) is 4.73. The second-order valence-electron chi connectivity index (χ2n) is 7.91. The van der Waals surface area contributed by atoms with Crippen LogP contribution in [0.5, 0.6) is 0 Å². The van der Waals surface area contributed by atoms with E-state index in [1.165, 1.54) is 7.11 Å². The van der Waals surface area contributed by atoms with Gasteiger partial charge in [-0.25, -0.2) is 14.8 Å². The van der Waals surface area contributed by atoms with E-state index in [0.29, 0.717) is 28.1 Å². The zero-order chi connectivity index (χ0) is 22.0. The molecule has 7 nitrogen and oxygen atoms in total. The number of nitrogens with one attached hydrogen (secondary N) is 1. The van der Waals surface area contributed by atoms with Gasteiger partial charge >= 0.3 is 5.97 Å². The summed E-state index contributed by atoms with van der Waals surface area (Å²) in [5.74, 6) is -0.465. The number of nitrogens with zero attached hydrogens (tertiary/aromatic N) is 3. The fraction of sp³-hybridized carbons (Fsp3) is 0.333. The van der Waals surface area contributed by atoms with Crippen molar-refractivity contribution in [2.75, 3.05) is 19.0 Å². The van der Waals surface area contributed by atoms with Gasteiger partial charge in [-0.15, -0.1) is 0 Å². The molecule has 3 heterocycles. The molecule has 1 N–H and O–H groups in total. The van der Waals surface area contributed by atoms with E-state index in [2.05, 4.69) is 22.2 Å². The Kier molecular flexibility index (Phi) is 5.84. The molecule has 4 rings (SSSR count). The molecule has 1 amide bonds. The fourth-order valence-corrected chi connectivity index (χ4v) is 4.01. The van der Waals surface area contributed by atoms with Gasteiger partial charge in [0.25, 0.3) is 5.91 Å². The Morgan fingerprint density at radius 3 is 2.81 bits per heavy atom. The Balaban J connectivity index is 1.80. The largest absolute Gasteiger partial charge is 0.465 e. The van der Waals surface area contributed by atoms with Gasteiger partial charge in [0.15, 0.2) is 5.65 Å². The number of rotatable bonds is 4. The van der Waals surface area contributed by atoms with Crippen LogP contribution >= 0.6 is 0 Å². The van der Waals surface area contributed by atoms with Gasteiger partial charge in [-0.05, 0) is 63.4 Å². The highest BCUT2D eigenvalue weighted by Gasteiger charge is 2.27. The number of hydrogen-bond acceptors (Lipinski definition) is 6. The maximum atomic E-state index is 13.5. The number of esters is 1. The summed E-state index contributed by atoms with van der Waals surface area (Å²) < 4.78 is 4.83. The summed E-state index contributed by atoms with van der Waals surface area (Å²) in [7, 11) is 1.35. The number of amides is 1. The molecule has 3 aromatic rings. The molecule has 1 saturated heterocycles. The second kappa shape index (κ2) is 8.71. The van der Waals surface area contributed by atoms with Gasteiger partial charge in [-0.2, -0.15) is 0 Å². The van der Waals surface area contributed by atoms with E-state index >= 15 is 0 Å². The third kappa shape index (κ3) is 4.21. The quantitative estimate of drug-likeness (QED) is 0.629. The lowest BCUT2D eigenvalue weighted by atomic mass is 10.0. The molecular formula is C24H26N4O3. The lowest BCUT2D eigenvalue weighted by Crippen LogP contribution is -2.42. The number of carbonyl (C=O) groups excluding carboxylic acids is 2. The van der Waals surface area contributed by atoms with Crippen LogP contribution in [0, 0.1) is 6.92 Å². The molecule has 0 unspecified atom stereocenters. The van der Waals surface area contributed by atoms with Crippen LogP contribution in [-0.4, -0.2) is 46.4 Å². The molecule has 1 aliphatic heterocycles. The molecule has 1 aromatic carbocycles. The zero-order valence-corrected chi connectivity index (χ0v) is 18.0. The van der Waals surface area contributed by atoms with E-state index in [-0.39, 0.29) is 11.9 Å². The van der Waals surface area contributed by atoms with E-state index in [1.54, 1.807) is 24.4 Å². The summed E-state index contributed by atoms with van der Waals surface area (Å²) >= 11 is 0. The van der Waals surface area contributed by atoms with Crippen LogP contribution in [0.15, 0.2) is 42.6 Å². The number of hydrogen-bond donors (Lipinski definition) is 1. The first-order chi connectivity index (χ1) is 15.0. The SMILES string of the molecule is COC(=O)c1cccc(Nc2c(C(=O)N3CCCC[C@H]3C)cnc3nc(C)ccc23)c1.